The van der Waals surface area contributed by atoms with Gasteiger partial charge < -0.3 is 10.7 Å². The zero-order valence-electron chi connectivity index (χ0n) is 9.84. The largest absolute Gasteiger partial charge is 0.361 e. The lowest BCUT2D eigenvalue weighted by molar-refractivity contribution is 0.869. The Morgan fingerprint density at radius 2 is 2.12 bits per heavy atom. The lowest BCUT2D eigenvalue weighted by Gasteiger charge is -2.12. The van der Waals surface area contributed by atoms with Gasteiger partial charge in [0.25, 0.3) is 0 Å². The van der Waals surface area contributed by atoms with E-state index < -0.39 is 0 Å². The Morgan fingerprint density at radius 1 is 1.44 bits per heavy atom. The Labute approximate surface area is 102 Å². The standard InChI is InChI=1S/C13H17ClN2/c1-9(2)12-5-4-11(14)8-13(12)16-7-6-10(3)15/h4-9,15-16H,1-3H3/b7-6-,15-10?. The Kier molecular flexibility index (Phi) is 4.56. The summed E-state index contributed by atoms with van der Waals surface area (Å²) in [4.78, 5) is 0. The summed E-state index contributed by atoms with van der Waals surface area (Å²) in [6, 6.07) is 5.83. The summed E-state index contributed by atoms with van der Waals surface area (Å²) in [6.07, 6.45) is 3.48. The van der Waals surface area contributed by atoms with Gasteiger partial charge in [-0.05, 0) is 36.6 Å². The Balaban J connectivity index is 2.92. The highest BCUT2D eigenvalue weighted by molar-refractivity contribution is 6.30. The molecule has 1 aromatic carbocycles. The molecular formula is C13H17ClN2. The van der Waals surface area contributed by atoms with Crippen molar-refractivity contribution in [3.05, 3.63) is 41.1 Å². The molecule has 2 N–H and O–H groups in total. The van der Waals surface area contributed by atoms with E-state index in [1.165, 1.54) is 5.56 Å². The molecule has 0 unspecified atom stereocenters. The average Bonchev–Trinajstić information content (AvgIpc) is 2.16. The number of nitrogens with one attached hydrogen (secondary N) is 2. The second-order valence-corrected chi connectivity index (χ2v) is 4.48. The SMILES string of the molecule is CC(=N)/C=C\Nc1cc(Cl)ccc1C(C)C. The summed E-state index contributed by atoms with van der Waals surface area (Å²) in [6.45, 7) is 6.01. The molecule has 0 spiro atoms. The van der Waals surface area contributed by atoms with Gasteiger partial charge in [-0.15, -0.1) is 0 Å². The number of benzene rings is 1. The summed E-state index contributed by atoms with van der Waals surface area (Å²) < 4.78 is 0. The molecule has 0 aromatic heterocycles. The molecule has 0 aliphatic carbocycles. The Hall–Kier alpha value is -1.28. The smallest absolute Gasteiger partial charge is 0.0429 e. The van der Waals surface area contributed by atoms with E-state index in [9.17, 15) is 0 Å². The van der Waals surface area contributed by atoms with Crippen molar-refractivity contribution in [1.29, 1.82) is 5.41 Å². The van der Waals surface area contributed by atoms with Crippen molar-refractivity contribution < 1.29 is 0 Å². The molecule has 0 saturated heterocycles. The van der Waals surface area contributed by atoms with Crippen molar-refractivity contribution >= 4 is 23.0 Å². The van der Waals surface area contributed by atoms with Gasteiger partial charge in [0, 0.05) is 22.6 Å². The highest BCUT2D eigenvalue weighted by atomic mass is 35.5. The van der Waals surface area contributed by atoms with Crippen LogP contribution in [0.5, 0.6) is 0 Å². The number of anilines is 1. The quantitative estimate of drug-likeness (QED) is 0.746. The average molecular weight is 237 g/mol. The van der Waals surface area contributed by atoms with E-state index in [0.29, 0.717) is 16.7 Å². The van der Waals surface area contributed by atoms with Crippen LogP contribution in [0.3, 0.4) is 0 Å². The first-order valence-electron chi connectivity index (χ1n) is 5.28. The molecule has 0 aliphatic rings. The van der Waals surface area contributed by atoms with Gasteiger partial charge in [-0.2, -0.15) is 0 Å². The monoisotopic (exact) mass is 236 g/mol. The third-order valence-corrected chi connectivity index (χ3v) is 2.44. The molecule has 16 heavy (non-hydrogen) atoms. The van der Waals surface area contributed by atoms with Crippen LogP contribution in [0.4, 0.5) is 5.69 Å². The van der Waals surface area contributed by atoms with E-state index in [2.05, 4.69) is 19.2 Å². The molecule has 2 nitrogen and oxygen atoms in total. The fraction of sp³-hybridized carbons (Fsp3) is 0.308. The predicted molar refractivity (Wildman–Crippen MR) is 71.7 cm³/mol. The van der Waals surface area contributed by atoms with Crippen LogP contribution in [-0.2, 0) is 0 Å². The molecule has 0 radical (unpaired) electrons. The molecule has 0 aliphatic heterocycles. The summed E-state index contributed by atoms with van der Waals surface area (Å²) in [5, 5.41) is 11.2. The van der Waals surface area contributed by atoms with Crippen molar-refractivity contribution in [3.8, 4) is 0 Å². The van der Waals surface area contributed by atoms with Gasteiger partial charge in [-0.25, -0.2) is 0 Å². The molecule has 86 valence electrons. The highest BCUT2D eigenvalue weighted by Crippen LogP contribution is 2.27. The minimum absolute atomic E-state index is 0.439. The van der Waals surface area contributed by atoms with E-state index in [-0.39, 0.29) is 0 Å². The maximum absolute atomic E-state index is 7.29. The van der Waals surface area contributed by atoms with Gasteiger partial charge in [0.1, 0.15) is 0 Å². The second kappa shape index (κ2) is 5.71. The number of hydrogen-bond acceptors (Lipinski definition) is 2. The number of hydrogen-bond donors (Lipinski definition) is 2. The Bertz CT molecular complexity index is 408. The van der Waals surface area contributed by atoms with Crippen molar-refractivity contribution in [2.45, 2.75) is 26.7 Å². The van der Waals surface area contributed by atoms with E-state index in [1.807, 2.05) is 18.2 Å². The first kappa shape index (κ1) is 12.8. The van der Waals surface area contributed by atoms with Crippen LogP contribution in [0.15, 0.2) is 30.5 Å². The number of halogens is 1. The van der Waals surface area contributed by atoms with Crippen LogP contribution in [0.2, 0.25) is 5.02 Å². The van der Waals surface area contributed by atoms with Gasteiger partial charge >= 0.3 is 0 Å². The molecule has 1 aromatic rings. The first-order valence-corrected chi connectivity index (χ1v) is 5.66. The van der Waals surface area contributed by atoms with Crippen LogP contribution < -0.4 is 5.32 Å². The maximum atomic E-state index is 7.29. The first-order chi connectivity index (χ1) is 7.50. The van der Waals surface area contributed by atoms with Gasteiger partial charge in [0.05, 0.1) is 0 Å². The minimum Gasteiger partial charge on any atom is -0.361 e. The molecule has 0 heterocycles. The lowest BCUT2D eigenvalue weighted by Crippen LogP contribution is -1.97. The van der Waals surface area contributed by atoms with Gasteiger partial charge in [-0.3, -0.25) is 0 Å². The van der Waals surface area contributed by atoms with Crippen molar-refractivity contribution in [3.63, 3.8) is 0 Å². The van der Waals surface area contributed by atoms with Gasteiger partial charge in [-0.1, -0.05) is 31.5 Å². The fourth-order valence-corrected chi connectivity index (χ4v) is 1.59. The van der Waals surface area contributed by atoms with Crippen LogP contribution >= 0.6 is 11.6 Å². The summed E-state index contributed by atoms with van der Waals surface area (Å²) >= 11 is 5.96. The van der Waals surface area contributed by atoms with Crippen molar-refractivity contribution in [1.82, 2.24) is 0 Å². The minimum atomic E-state index is 0.439. The lowest BCUT2D eigenvalue weighted by atomic mass is 10.0. The topological polar surface area (TPSA) is 35.9 Å². The van der Waals surface area contributed by atoms with Gasteiger partial charge in [0.15, 0.2) is 0 Å². The molecule has 0 amide bonds. The number of allylic oxidation sites excluding steroid dienone is 1. The molecular weight excluding hydrogens is 220 g/mol. The Morgan fingerprint density at radius 3 is 2.69 bits per heavy atom. The molecule has 0 fully saturated rings. The number of rotatable bonds is 4. The molecule has 3 heteroatoms. The predicted octanol–water partition coefficient (Wildman–Crippen LogP) is 4.43. The van der Waals surface area contributed by atoms with Crippen LogP contribution in [0.25, 0.3) is 0 Å². The normalized spacial score (nSPS) is 11.1. The van der Waals surface area contributed by atoms with E-state index >= 15 is 0 Å². The van der Waals surface area contributed by atoms with E-state index in [1.54, 1.807) is 19.2 Å². The summed E-state index contributed by atoms with van der Waals surface area (Å²) in [7, 11) is 0. The third kappa shape index (κ3) is 3.70. The molecule has 0 saturated carbocycles. The van der Waals surface area contributed by atoms with Crippen LogP contribution in [0.1, 0.15) is 32.3 Å². The van der Waals surface area contributed by atoms with Crippen molar-refractivity contribution in [2.24, 2.45) is 0 Å². The molecule has 0 atom stereocenters. The van der Waals surface area contributed by atoms with Gasteiger partial charge in [0.2, 0.25) is 0 Å². The van der Waals surface area contributed by atoms with Crippen LogP contribution in [-0.4, -0.2) is 5.71 Å². The van der Waals surface area contributed by atoms with Crippen LogP contribution in [0, 0.1) is 5.41 Å². The fourth-order valence-electron chi connectivity index (χ4n) is 1.41. The summed E-state index contributed by atoms with van der Waals surface area (Å²) in [5.41, 5.74) is 2.73. The maximum Gasteiger partial charge on any atom is 0.0429 e. The van der Waals surface area contributed by atoms with Crippen molar-refractivity contribution in [2.75, 3.05) is 5.32 Å². The van der Waals surface area contributed by atoms with E-state index in [4.69, 9.17) is 17.0 Å². The zero-order chi connectivity index (χ0) is 12.1. The third-order valence-electron chi connectivity index (χ3n) is 2.21. The molecule has 1 rings (SSSR count). The zero-order valence-corrected chi connectivity index (χ0v) is 10.6. The summed E-state index contributed by atoms with van der Waals surface area (Å²) in [5.74, 6) is 0.439. The molecule has 0 bridgehead atoms. The van der Waals surface area contributed by atoms with E-state index in [0.717, 1.165) is 5.69 Å². The highest BCUT2D eigenvalue weighted by Gasteiger charge is 2.05. The second-order valence-electron chi connectivity index (χ2n) is 4.05.